The monoisotopic (exact) mass is 519 g/mol. The Bertz CT molecular complexity index is 1340. The summed E-state index contributed by atoms with van der Waals surface area (Å²) in [5.41, 5.74) is 3.93. The molecule has 6 rings (SSSR count). The second-order valence-electron chi connectivity index (χ2n) is 10.4. The molecule has 1 saturated carbocycles. The van der Waals surface area contributed by atoms with Gasteiger partial charge in [-0.25, -0.2) is 9.18 Å². The van der Waals surface area contributed by atoms with Gasteiger partial charge in [0.15, 0.2) is 11.6 Å². The Morgan fingerprint density at radius 2 is 1.89 bits per heavy atom. The lowest BCUT2D eigenvalue weighted by Gasteiger charge is -2.38. The zero-order valence-electron chi connectivity index (χ0n) is 21.2. The van der Waals surface area contributed by atoms with Crippen molar-refractivity contribution in [2.45, 2.75) is 76.2 Å². The number of ether oxygens (including phenoxy) is 2. The number of hydrogen-bond acceptors (Lipinski definition) is 6. The van der Waals surface area contributed by atoms with Crippen LogP contribution in [0, 0.1) is 12.7 Å². The van der Waals surface area contributed by atoms with Crippen LogP contribution in [0.3, 0.4) is 0 Å². The van der Waals surface area contributed by atoms with Gasteiger partial charge in [-0.2, -0.15) is 0 Å². The van der Waals surface area contributed by atoms with E-state index >= 15 is 0 Å². The molecule has 1 aliphatic carbocycles. The Labute approximate surface area is 220 Å². The van der Waals surface area contributed by atoms with Crippen molar-refractivity contribution in [3.05, 3.63) is 65.2 Å². The van der Waals surface area contributed by atoms with Crippen molar-refractivity contribution in [1.29, 1.82) is 0 Å². The van der Waals surface area contributed by atoms with Crippen LogP contribution in [0.15, 0.2) is 47.0 Å². The fourth-order valence-corrected chi connectivity index (χ4v) is 5.92. The van der Waals surface area contributed by atoms with Gasteiger partial charge in [-0.3, -0.25) is 4.79 Å². The maximum Gasteiger partial charge on any atom is 0.322 e. The molecule has 9 heteroatoms. The third-order valence-electron chi connectivity index (χ3n) is 7.94. The summed E-state index contributed by atoms with van der Waals surface area (Å²) in [5.74, 6) is 0.657. The zero-order valence-corrected chi connectivity index (χ0v) is 21.2. The molecule has 3 aromatic rings. The molecule has 1 aromatic heterocycles. The first-order valence-corrected chi connectivity index (χ1v) is 13.2. The molecule has 2 aromatic carbocycles. The highest BCUT2D eigenvalue weighted by molar-refractivity contribution is 5.92. The number of piperidine rings is 1. The van der Waals surface area contributed by atoms with E-state index in [1.54, 1.807) is 4.90 Å². The standard InChI is InChI=1S/C29H30FN3O5/c1-17-5-2-3-6-22(17)26-23(28(38-32-26)18-9-10-18)15-36-21-13-19-11-12-20(14-21)33(19)29(35)31-27-24(30)7-4-8-25(27)37-16-34/h2-8,16,18-21H,9-15H2,1H3,(H,31,35). The molecule has 38 heavy (non-hydrogen) atoms. The van der Waals surface area contributed by atoms with Crippen molar-refractivity contribution in [1.82, 2.24) is 10.1 Å². The van der Waals surface area contributed by atoms with E-state index in [0.717, 1.165) is 53.8 Å². The van der Waals surface area contributed by atoms with E-state index in [9.17, 15) is 14.0 Å². The van der Waals surface area contributed by atoms with E-state index in [2.05, 4.69) is 29.5 Å². The number of carbonyl (C=O) groups is 2. The first-order chi connectivity index (χ1) is 18.5. The average Bonchev–Trinajstić information content (AvgIpc) is 3.61. The topological polar surface area (TPSA) is 93.9 Å². The molecule has 0 radical (unpaired) electrons. The number of fused-ring (bicyclic) bond motifs is 2. The predicted octanol–water partition coefficient (Wildman–Crippen LogP) is 5.95. The number of amides is 2. The quantitative estimate of drug-likeness (QED) is 0.370. The predicted molar refractivity (Wildman–Crippen MR) is 137 cm³/mol. The Morgan fingerprint density at radius 1 is 1.13 bits per heavy atom. The van der Waals surface area contributed by atoms with Crippen molar-refractivity contribution in [3.63, 3.8) is 0 Å². The van der Waals surface area contributed by atoms with E-state index < -0.39 is 11.8 Å². The molecule has 2 bridgehead atoms. The minimum atomic E-state index is -0.659. The molecule has 1 N–H and O–H groups in total. The maximum absolute atomic E-state index is 14.4. The van der Waals surface area contributed by atoms with Crippen LogP contribution in [0.2, 0.25) is 0 Å². The number of urea groups is 1. The molecule has 0 spiro atoms. The van der Waals surface area contributed by atoms with Gasteiger partial charge in [0.2, 0.25) is 0 Å². The first kappa shape index (κ1) is 24.6. The summed E-state index contributed by atoms with van der Waals surface area (Å²) < 4.78 is 31.6. The van der Waals surface area contributed by atoms with Gasteiger partial charge < -0.3 is 24.2 Å². The van der Waals surface area contributed by atoms with Crippen molar-refractivity contribution < 1.29 is 28.0 Å². The third kappa shape index (κ3) is 4.67. The fraction of sp³-hybridized carbons (Fsp3) is 0.414. The van der Waals surface area contributed by atoms with E-state index in [-0.39, 0.29) is 36.1 Å². The molecule has 2 amide bonds. The number of hydrogen-bond donors (Lipinski definition) is 1. The highest BCUT2D eigenvalue weighted by atomic mass is 19.1. The Hall–Kier alpha value is -3.72. The van der Waals surface area contributed by atoms with Crippen molar-refractivity contribution >= 4 is 18.2 Å². The molecule has 3 aliphatic rings. The van der Waals surface area contributed by atoms with Crippen LogP contribution in [-0.4, -0.2) is 40.7 Å². The van der Waals surface area contributed by atoms with Crippen LogP contribution in [-0.2, 0) is 16.1 Å². The number of carbonyl (C=O) groups excluding carboxylic acids is 2. The third-order valence-corrected chi connectivity index (χ3v) is 7.94. The van der Waals surface area contributed by atoms with Gasteiger partial charge in [0, 0.05) is 29.1 Å². The lowest BCUT2D eigenvalue weighted by molar-refractivity contribution is -0.120. The molecule has 3 fully saturated rings. The minimum Gasteiger partial charge on any atom is -0.426 e. The van der Waals surface area contributed by atoms with Crippen molar-refractivity contribution in [2.24, 2.45) is 0 Å². The van der Waals surface area contributed by atoms with Gasteiger partial charge in [-0.15, -0.1) is 0 Å². The summed E-state index contributed by atoms with van der Waals surface area (Å²) in [6.07, 6.45) is 5.32. The molecule has 2 saturated heterocycles. The molecule has 198 valence electrons. The molecule has 3 heterocycles. The summed E-state index contributed by atoms with van der Waals surface area (Å²) in [4.78, 5) is 25.8. The zero-order chi connectivity index (χ0) is 26.2. The number of nitrogens with zero attached hydrogens (tertiary/aromatic N) is 2. The Balaban J connectivity index is 1.14. The summed E-state index contributed by atoms with van der Waals surface area (Å²) in [7, 11) is 0. The van der Waals surface area contributed by atoms with Gasteiger partial charge in [0.1, 0.15) is 17.1 Å². The number of rotatable bonds is 8. The van der Waals surface area contributed by atoms with E-state index in [1.807, 2.05) is 12.1 Å². The smallest absolute Gasteiger partial charge is 0.322 e. The Morgan fingerprint density at radius 3 is 2.61 bits per heavy atom. The van der Waals surface area contributed by atoms with Crippen LogP contribution >= 0.6 is 0 Å². The normalized spacial score (nSPS) is 22.4. The number of para-hydroxylation sites is 1. The number of aromatic nitrogens is 1. The van der Waals surface area contributed by atoms with Crippen molar-refractivity contribution in [2.75, 3.05) is 5.32 Å². The van der Waals surface area contributed by atoms with Crippen molar-refractivity contribution in [3.8, 4) is 17.0 Å². The average molecular weight is 520 g/mol. The maximum atomic E-state index is 14.4. The van der Waals surface area contributed by atoms with E-state index in [0.29, 0.717) is 25.4 Å². The van der Waals surface area contributed by atoms with Crippen LogP contribution in [0.4, 0.5) is 14.9 Å². The lowest BCUT2D eigenvalue weighted by atomic mass is 9.99. The number of benzene rings is 2. The largest absolute Gasteiger partial charge is 0.426 e. The Kier molecular flexibility index (Phi) is 6.61. The van der Waals surface area contributed by atoms with Gasteiger partial charge in [0.05, 0.1) is 12.7 Å². The second kappa shape index (κ2) is 10.2. The summed E-state index contributed by atoms with van der Waals surface area (Å²) >= 11 is 0. The molecular weight excluding hydrogens is 489 g/mol. The number of nitrogens with one attached hydrogen (secondary N) is 1. The second-order valence-corrected chi connectivity index (χ2v) is 10.4. The van der Waals surface area contributed by atoms with E-state index in [1.165, 1.54) is 18.2 Å². The molecular formula is C29H30FN3O5. The highest BCUT2D eigenvalue weighted by Crippen LogP contribution is 2.45. The highest BCUT2D eigenvalue weighted by Gasteiger charge is 2.44. The van der Waals surface area contributed by atoms with Gasteiger partial charge in [-0.05, 0) is 63.1 Å². The summed E-state index contributed by atoms with van der Waals surface area (Å²) in [6, 6.07) is 11.8. The SMILES string of the molecule is Cc1ccccc1-c1noc(C2CC2)c1COC1CC2CCC(C1)N2C(=O)Nc1c(F)cccc1OC=O. The van der Waals surface area contributed by atoms with Gasteiger partial charge in [-0.1, -0.05) is 35.5 Å². The molecule has 2 unspecified atom stereocenters. The number of halogens is 1. The van der Waals surface area contributed by atoms with E-state index in [4.69, 9.17) is 14.0 Å². The number of aryl methyl sites for hydroxylation is 1. The van der Waals surface area contributed by atoms with Crippen LogP contribution in [0.5, 0.6) is 5.75 Å². The van der Waals surface area contributed by atoms with Crippen LogP contribution < -0.4 is 10.1 Å². The van der Waals surface area contributed by atoms with Crippen LogP contribution in [0.25, 0.3) is 11.3 Å². The number of anilines is 1. The van der Waals surface area contributed by atoms with Crippen LogP contribution in [0.1, 0.15) is 61.3 Å². The first-order valence-electron chi connectivity index (χ1n) is 13.2. The summed E-state index contributed by atoms with van der Waals surface area (Å²) in [5, 5.41) is 7.07. The summed E-state index contributed by atoms with van der Waals surface area (Å²) in [6.45, 7) is 2.70. The molecule has 2 aliphatic heterocycles. The molecule has 2 atom stereocenters. The van der Waals surface area contributed by atoms with Gasteiger partial charge >= 0.3 is 6.03 Å². The van der Waals surface area contributed by atoms with Gasteiger partial charge in [0.25, 0.3) is 6.47 Å². The minimum absolute atomic E-state index is 0.00866. The lowest BCUT2D eigenvalue weighted by Crippen LogP contribution is -2.50. The fourth-order valence-electron chi connectivity index (χ4n) is 5.92. The molecule has 8 nitrogen and oxygen atoms in total.